The molecule has 0 aliphatic heterocycles. The Morgan fingerprint density at radius 2 is 1.57 bits per heavy atom. The second kappa shape index (κ2) is 16.7. The molecule has 0 aliphatic carbocycles. The van der Waals surface area contributed by atoms with Crippen molar-refractivity contribution in [3.63, 3.8) is 0 Å². The zero-order valence-corrected chi connectivity index (χ0v) is 5.40. The van der Waals surface area contributed by atoms with Gasteiger partial charge in [0.2, 0.25) is 0 Å². The Kier molecular flexibility index (Phi) is 37.6. The molecule has 0 rings (SSSR count). The van der Waals surface area contributed by atoms with Crippen molar-refractivity contribution in [3.8, 4) is 0 Å². The molecular weight excluding hydrogens is 139 g/mol. The first-order valence-corrected chi connectivity index (χ1v) is 1.62. The van der Waals surface area contributed by atoms with Crippen LogP contribution in [0.2, 0.25) is 0 Å². The Balaban J connectivity index is -0.0000000480. The summed E-state index contributed by atoms with van der Waals surface area (Å²) in [6, 6.07) is 0. The molecule has 0 aliphatic rings. The van der Waals surface area contributed by atoms with Crippen LogP contribution in [0.4, 0.5) is 0 Å². The largest absolute Gasteiger partial charge is 2.00 e. The first kappa shape index (κ1) is 15.8. The van der Waals surface area contributed by atoms with E-state index in [0.717, 1.165) is 6.92 Å². The fourth-order valence-corrected chi connectivity index (χ4v) is 0. The monoisotopic (exact) mass is 147 g/mol. The predicted molar refractivity (Wildman–Crippen MR) is 21.7 cm³/mol. The van der Waals surface area contributed by atoms with Gasteiger partial charge in [0.25, 0.3) is 0 Å². The molecule has 0 aromatic rings. The van der Waals surface area contributed by atoms with Crippen molar-refractivity contribution in [1.82, 2.24) is 0 Å². The van der Waals surface area contributed by atoms with Crippen molar-refractivity contribution in [2.24, 2.45) is 0 Å². The van der Waals surface area contributed by atoms with Crippen molar-refractivity contribution in [2.75, 3.05) is 0 Å². The Hall–Kier alpha value is -0.0235. The van der Waals surface area contributed by atoms with Gasteiger partial charge in [-0.2, -0.15) is 6.92 Å². The van der Waals surface area contributed by atoms with E-state index in [0.29, 0.717) is 0 Å². The fraction of sp³-hybridized carbons (Fsp3) is 0.500. The maximum atomic E-state index is 8.89. The van der Waals surface area contributed by atoms with Crippen LogP contribution in [0, 0.1) is 6.92 Å². The number of hydrogen-bond donors (Lipinski definition) is 0. The second-order valence-corrected chi connectivity index (χ2v) is 0.492. The van der Waals surface area contributed by atoms with E-state index in [4.69, 9.17) is 9.90 Å². The third-order valence-corrected chi connectivity index (χ3v) is 0. The molecule has 0 heterocycles. The molecule has 2 nitrogen and oxygen atoms in total. The van der Waals surface area contributed by atoms with Crippen LogP contribution >= 0.6 is 0 Å². The van der Waals surface area contributed by atoms with Crippen molar-refractivity contribution in [2.45, 2.75) is 13.8 Å². The third kappa shape index (κ3) is 171000. The van der Waals surface area contributed by atoms with Crippen molar-refractivity contribution < 1.29 is 26.7 Å². The van der Waals surface area contributed by atoms with Gasteiger partial charge in [0.05, 0.1) is 0 Å². The van der Waals surface area contributed by atoms with E-state index >= 15 is 0 Å². The van der Waals surface area contributed by atoms with Crippen LogP contribution in [0.5, 0.6) is 0 Å². The molecule has 0 fully saturated rings. The van der Waals surface area contributed by atoms with Gasteiger partial charge in [-0.25, -0.2) is 0 Å². The summed E-state index contributed by atoms with van der Waals surface area (Å²) in [5, 5.41) is 8.89. The van der Waals surface area contributed by atoms with Gasteiger partial charge < -0.3 is 16.8 Å². The summed E-state index contributed by atoms with van der Waals surface area (Å²) in [7, 11) is 0. The minimum absolute atomic E-state index is 0. The molecule has 0 unspecified atom stereocenters. The zero-order chi connectivity index (χ0) is 5.58. The van der Waals surface area contributed by atoms with Gasteiger partial charge in [-0.15, -0.1) is 0 Å². The molecule has 1 radical (unpaired) electrons. The first-order chi connectivity index (χ1) is 2.73. The predicted octanol–water partition coefficient (Wildman–Crippen LogP) is -0.406. The van der Waals surface area contributed by atoms with Crippen LogP contribution in [-0.2, 0) is 21.6 Å². The quantitative estimate of drug-likeness (QED) is 0.437. The Bertz CT molecular complexity index is 32.7. The van der Waals surface area contributed by atoms with Crippen LogP contribution in [0.25, 0.3) is 0 Å². The maximum absolute atomic E-state index is 8.89. The van der Waals surface area contributed by atoms with Gasteiger partial charge in [0.1, 0.15) is 0 Å². The van der Waals surface area contributed by atoms with Crippen LogP contribution in [-0.4, -0.2) is 5.97 Å². The van der Waals surface area contributed by atoms with E-state index < -0.39 is 5.97 Å². The molecule has 0 saturated heterocycles. The van der Waals surface area contributed by atoms with E-state index in [1.165, 1.54) is 0 Å². The standard InChI is InChI=1S/C2H4O2.C2H5.Co/c1-2(3)4;1-2;/h1H3,(H,3,4);1H2,2H3;/q;-1;+2/p-1. The molecule has 3 heteroatoms. The van der Waals surface area contributed by atoms with Crippen molar-refractivity contribution >= 4 is 5.97 Å². The SMILES string of the molecule is CC(=O)[O-].[CH2-]C.[Co+2]. The number of carbonyl (C=O) groups excluding carboxylic acids is 1. The molecule has 0 aromatic carbocycles. The average molecular weight is 147 g/mol. The smallest absolute Gasteiger partial charge is 0.550 e. The average Bonchev–Trinajstić information content (AvgIpc) is 1.41. The number of rotatable bonds is 0. The van der Waals surface area contributed by atoms with Crippen LogP contribution in [0.3, 0.4) is 0 Å². The molecule has 45 valence electrons. The molecule has 0 saturated carbocycles. The van der Waals surface area contributed by atoms with Gasteiger partial charge in [0.15, 0.2) is 0 Å². The molecule has 0 aromatic heterocycles. The molecule has 0 amide bonds. The normalized spacial score (nSPS) is 4.43. The minimum Gasteiger partial charge on any atom is -0.550 e. The molecule has 0 atom stereocenters. The summed E-state index contributed by atoms with van der Waals surface area (Å²) in [4.78, 5) is 8.89. The van der Waals surface area contributed by atoms with Gasteiger partial charge >= 0.3 is 16.8 Å². The molecular formula is C4H8CoO2. The van der Waals surface area contributed by atoms with Crippen LogP contribution < -0.4 is 5.11 Å². The molecule has 0 bridgehead atoms. The summed E-state index contributed by atoms with van der Waals surface area (Å²) in [6.07, 6.45) is 0. The molecule has 0 N–H and O–H groups in total. The summed E-state index contributed by atoms with van der Waals surface area (Å²) in [5.41, 5.74) is 0. The molecule has 7 heavy (non-hydrogen) atoms. The van der Waals surface area contributed by atoms with Crippen LogP contribution in [0.1, 0.15) is 13.8 Å². The van der Waals surface area contributed by atoms with Crippen molar-refractivity contribution in [1.29, 1.82) is 0 Å². The summed E-state index contributed by atoms with van der Waals surface area (Å²) in [6.45, 7) is 5.97. The minimum atomic E-state index is -1.08. The van der Waals surface area contributed by atoms with Gasteiger partial charge in [-0.3, -0.25) is 0 Å². The number of hydrogen-bond acceptors (Lipinski definition) is 2. The fourth-order valence-electron chi connectivity index (χ4n) is 0. The number of carboxylic acid groups (broad SMARTS) is 1. The number of aliphatic carboxylic acids is 1. The van der Waals surface area contributed by atoms with E-state index in [2.05, 4.69) is 6.92 Å². The zero-order valence-electron chi connectivity index (χ0n) is 4.36. The summed E-state index contributed by atoms with van der Waals surface area (Å²) in [5.74, 6) is -1.08. The van der Waals surface area contributed by atoms with Gasteiger partial charge in [0, 0.05) is 5.97 Å². The van der Waals surface area contributed by atoms with E-state index in [9.17, 15) is 0 Å². The van der Waals surface area contributed by atoms with Crippen LogP contribution in [0.15, 0.2) is 0 Å². The summed E-state index contributed by atoms with van der Waals surface area (Å²) < 4.78 is 0. The van der Waals surface area contributed by atoms with Gasteiger partial charge in [-0.1, -0.05) is 0 Å². The Morgan fingerprint density at radius 1 is 1.57 bits per heavy atom. The Morgan fingerprint density at radius 3 is 1.57 bits per heavy atom. The second-order valence-electron chi connectivity index (χ2n) is 0.492. The van der Waals surface area contributed by atoms with Gasteiger partial charge in [-0.05, 0) is 6.92 Å². The van der Waals surface area contributed by atoms with E-state index in [1.807, 2.05) is 0 Å². The maximum Gasteiger partial charge on any atom is 2.00 e. The van der Waals surface area contributed by atoms with E-state index in [1.54, 1.807) is 6.92 Å². The third-order valence-electron chi connectivity index (χ3n) is 0. The van der Waals surface area contributed by atoms with Crippen molar-refractivity contribution in [3.05, 3.63) is 6.92 Å². The number of carboxylic acids is 1. The summed E-state index contributed by atoms with van der Waals surface area (Å²) >= 11 is 0. The topological polar surface area (TPSA) is 40.1 Å². The Labute approximate surface area is 54.1 Å². The molecule has 0 spiro atoms. The number of carbonyl (C=O) groups is 1. The van der Waals surface area contributed by atoms with E-state index in [-0.39, 0.29) is 16.8 Å². The first-order valence-electron chi connectivity index (χ1n) is 1.62.